The fourth-order valence-corrected chi connectivity index (χ4v) is 2.33. The summed E-state index contributed by atoms with van der Waals surface area (Å²) >= 11 is 0. The molecule has 1 aromatic carbocycles. The van der Waals surface area contributed by atoms with Crippen molar-refractivity contribution in [3.8, 4) is 0 Å². The SMILES string of the molecule is Cc1noc2cc(S(=O)(=O)N(C)C)ccc12. The molecule has 0 radical (unpaired) electrons. The van der Waals surface area contributed by atoms with Gasteiger partial charge in [-0.15, -0.1) is 0 Å². The zero-order valence-corrected chi connectivity index (χ0v) is 10.1. The smallest absolute Gasteiger partial charge is 0.242 e. The van der Waals surface area contributed by atoms with E-state index in [0.717, 1.165) is 15.4 Å². The lowest BCUT2D eigenvalue weighted by Gasteiger charge is -2.10. The number of hydrogen-bond acceptors (Lipinski definition) is 4. The van der Waals surface area contributed by atoms with Crippen LogP contribution in [0.2, 0.25) is 0 Å². The minimum atomic E-state index is -3.41. The first-order valence-electron chi connectivity index (χ1n) is 4.71. The Bertz CT molecular complexity index is 629. The predicted octanol–water partition coefficient (Wildman–Crippen LogP) is 1.39. The van der Waals surface area contributed by atoms with E-state index in [-0.39, 0.29) is 4.90 Å². The summed E-state index contributed by atoms with van der Waals surface area (Å²) in [5.74, 6) is 0. The molecule has 0 amide bonds. The molecule has 16 heavy (non-hydrogen) atoms. The van der Waals surface area contributed by atoms with Crippen LogP contribution in [0.25, 0.3) is 11.0 Å². The van der Waals surface area contributed by atoms with Crippen LogP contribution in [0, 0.1) is 6.92 Å². The van der Waals surface area contributed by atoms with Gasteiger partial charge >= 0.3 is 0 Å². The highest BCUT2D eigenvalue weighted by molar-refractivity contribution is 7.89. The molecule has 0 aliphatic carbocycles. The Morgan fingerprint density at radius 2 is 2.00 bits per heavy atom. The van der Waals surface area contributed by atoms with Gasteiger partial charge in [-0.05, 0) is 19.1 Å². The summed E-state index contributed by atoms with van der Waals surface area (Å²) in [6.07, 6.45) is 0. The van der Waals surface area contributed by atoms with E-state index in [0.29, 0.717) is 5.58 Å². The van der Waals surface area contributed by atoms with Crippen molar-refractivity contribution in [1.29, 1.82) is 0 Å². The maximum absolute atomic E-state index is 11.8. The Balaban J connectivity index is 2.65. The topological polar surface area (TPSA) is 63.4 Å². The van der Waals surface area contributed by atoms with Crippen LogP contribution in [0.4, 0.5) is 0 Å². The van der Waals surface area contributed by atoms with Gasteiger partial charge in [-0.25, -0.2) is 12.7 Å². The Morgan fingerprint density at radius 3 is 2.62 bits per heavy atom. The molecule has 0 saturated carbocycles. The second-order valence-corrected chi connectivity index (χ2v) is 5.87. The van der Waals surface area contributed by atoms with E-state index in [1.807, 2.05) is 6.92 Å². The molecule has 0 atom stereocenters. The number of benzene rings is 1. The third-order valence-corrected chi connectivity index (χ3v) is 4.21. The maximum Gasteiger partial charge on any atom is 0.242 e. The Labute approximate surface area is 93.7 Å². The molecular formula is C10H12N2O3S. The largest absolute Gasteiger partial charge is 0.356 e. The van der Waals surface area contributed by atoms with Crippen LogP contribution in [0.5, 0.6) is 0 Å². The van der Waals surface area contributed by atoms with E-state index in [9.17, 15) is 8.42 Å². The monoisotopic (exact) mass is 240 g/mol. The number of aromatic nitrogens is 1. The highest BCUT2D eigenvalue weighted by atomic mass is 32.2. The van der Waals surface area contributed by atoms with Crippen LogP contribution in [0.1, 0.15) is 5.69 Å². The standard InChI is InChI=1S/C10H12N2O3S/c1-7-9-5-4-8(6-10(9)15-11-7)16(13,14)12(2)3/h4-6H,1-3H3. The van der Waals surface area contributed by atoms with E-state index in [2.05, 4.69) is 5.16 Å². The third-order valence-electron chi connectivity index (χ3n) is 2.40. The summed E-state index contributed by atoms with van der Waals surface area (Å²) in [6.45, 7) is 1.81. The number of sulfonamides is 1. The molecule has 0 aliphatic rings. The molecule has 2 aromatic rings. The third kappa shape index (κ3) is 1.60. The van der Waals surface area contributed by atoms with Gasteiger partial charge in [0.25, 0.3) is 0 Å². The van der Waals surface area contributed by atoms with Gasteiger partial charge in [-0.2, -0.15) is 0 Å². The molecule has 5 nitrogen and oxygen atoms in total. The lowest BCUT2D eigenvalue weighted by atomic mass is 10.2. The van der Waals surface area contributed by atoms with Gasteiger partial charge in [0.2, 0.25) is 10.0 Å². The van der Waals surface area contributed by atoms with E-state index < -0.39 is 10.0 Å². The molecule has 86 valence electrons. The van der Waals surface area contributed by atoms with E-state index in [4.69, 9.17) is 4.52 Å². The number of hydrogen-bond donors (Lipinski definition) is 0. The van der Waals surface area contributed by atoms with Crippen molar-refractivity contribution in [1.82, 2.24) is 9.46 Å². The average molecular weight is 240 g/mol. The predicted molar refractivity (Wildman–Crippen MR) is 59.6 cm³/mol. The molecule has 0 aliphatic heterocycles. The molecule has 0 fully saturated rings. The second kappa shape index (κ2) is 3.57. The molecule has 1 heterocycles. The van der Waals surface area contributed by atoms with Crippen LogP contribution in [0.3, 0.4) is 0 Å². The second-order valence-electron chi connectivity index (χ2n) is 3.71. The number of aryl methyl sites for hydroxylation is 1. The van der Waals surface area contributed by atoms with Crippen LogP contribution in [-0.4, -0.2) is 32.0 Å². The number of rotatable bonds is 2. The molecule has 0 bridgehead atoms. The van der Waals surface area contributed by atoms with Gasteiger partial charge in [0, 0.05) is 25.5 Å². The molecule has 0 N–H and O–H groups in total. The van der Waals surface area contributed by atoms with Crippen LogP contribution < -0.4 is 0 Å². The molecule has 1 aromatic heterocycles. The van der Waals surface area contributed by atoms with Crippen LogP contribution in [0.15, 0.2) is 27.6 Å². The first-order chi connectivity index (χ1) is 7.43. The lowest BCUT2D eigenvalue weighted by molar-refractivity contribution is 0.449. The van der Waals surface area contributed by atoms with Gasteiger partial charge in [0.15, 0.2) is 5.58 Å². The van der Waals surface area contributed by atoms with E-state index in [1.165, 1.54) is 20.2 Å². The highest BCUT2D eigenvalue weighted by Crippen LogP contribution is 2.22. The van der Waals surface area contributed by atoms with Crippen molar-refractivity contribution in [2.24, 2.45) is 0 Å². The fourth-order valence-electron chi connectivity index (χ4n) is 1.42. The van der Waals surface area contributed by atoms with Crippen LogP contribution >= 0.6 is 0 Å². The van der Waals surface area contributed by atoms with Crippen LogP contribution in [-0.2, 0) is 10.0 Å². The Hall–Kier alpha value is -1.40. The summed E-state index contributed by atoms with van der Waals surface area (Å²) in [4.78, 5) is 0.209. The normalized spacial score (nSPS) is 12.5. The van der Waals surface area contributed by atoms with E-state index >= 15 is 0 Å². The molecule has 2 rings (SSSR count). The summed E-state index contributed by atoms with van der Waals surface area (Å²) < 4.78 is 29.9. The lowest BCUT2D eigenvalue weighted by Crippen LogP contribution is -2.22. The quantitative estimate of drug-likeness (QED) is 0.795. The van der Waals surface area contributed by atoms with Crippen molar-refractivity contribution in [3.63, 3.8) is 0 Å². The Morgan fingerprint density at radius 1 is 1.31 bits per heavy atom. The first-order valence-corrected chi connectivity index (χ1v) is 6.15. The molecule has 0 spiro atoms. The Kier molecular flexibility index (Phi) is 2.47. The summed E-state index contributed by atoms with van der Waals surface area (Å²) in [6, 6.07) is 4.75. The van der Waals surface area contributed by atoms with Gasteiger partial charge in [0.1, 0.15) is 0 Å². The van der Waals surface area contributed by atoms with Gasteiger partial charge in [-0.3, -0.25) is 0 Å². The average Bonchev–Trinajstić information content (AvgIpc) is 2.60. The molecule has 6 heteroatoms. The zero-order valence-electron chi connectivity index (χ0n) is 9.26. The van der Waals surface area contributed by atoms with Gasteiger partial charge in [0.05, 0.1) is 10.6 Å². The number of fused-ring (bicyclic) bond motifs is 1. The maximum atomic E-state index is 11.8. The zero-order chi connectivity index (χ0) is 11.9. The van der Waals surface area contributed by atoms with Crippen molar-refractivity contribution in [2.75, 3.05) is 14.1 Å². The van der Waals surface area contributed by atoms with Gasteiger partial charge in [-0.1, -0.05) is 5.16 Å². The summed E-state index contributed by atoms with van der Waals surface area (Å²) in [5.41, 5.74) is 1.24. The molecule has 0 unspecified atom stereocenters. The minimum absolute atomic E-state index is 0.209. The molecule has 0 saturated heterocycles. The van der Waals surface area contributed by atoms with Crippen molar-refractivity contribution >= 4 is 21.0 Å². The molecular weight excluding hydrogens is 228 g/mol. The van der Waals surface area contributed by atoms with E-state index in [1.54, 1.807) is 12.1 Å². The first kappa shape index (κ1) is 11.1. The van der Waals surface area contributed by atoms with Crippen molar-refractivity contribution in [3.05, 3.63) is 23.9 Å². The number of nitrogens with zero attached hydrogens (tertiary/aromatic N) is 2. The van der Waals surface area contributed by atoms with Crippen molar-refractivity contribution < 1.29 is 12.9 Å². The van der Waals surface area contributed by atoms with Gasteiger partial charge < -0.3 is 4.52 Å². The summed E-state index contributed by atoms with van der Waals surface area (Å²) in [5, 5.41) is 4.61. The fraction of sp³-hybridized carbons (Fsp3) is 0.300. The highest BCUT2D eigenvalue weighted by Gasteiger charge is 2.18. The minimum Gasteiger partial charge on any atom is -0.356 e. The summed E-state index contributed by atoms with van der Waals surface area (Å²) in [7, 11) is -0.431. The van der Waals surface area contributed by atoms with Crippen molar-refractivity contribution in [2.45, 2.75) is 11.8 Å².